The van der Waals surface area contributed by atoms with Gasteiger partial charge in [-0.15, -0.1) is 0 Å². The maximum atomic E-state index is 11.7. The van der Waals surface area contributed by atoms with E-state index in [2.05, 4.69) is 17.6 Å². The first-order valence-electron chi connectivity index (χ1n) is 6.39. The van der Waals surface area contributed by atoms with Crippen molar-refractivity contribution in [1.29, 1.82) is 0 Å². The van der Waals surface area contributed by atoms with Crippen molar-refractivity contribution in [1.82, 2.24) is 10.6 Å². The predicted octanol–water partition coefficient (Wildman–Crippen LogP) is 1.84. The van der Waals surface area contributed by atoms with Crippen LogP contribution in [0.25, 0.3) is 0 Å². The summed E-state index contributed by atoms with van der Waals surface area (Å²) in [6, 6.07) is 6.68. The summed E-state index contributed by atoms with van der Waals surface area (Å²) in [4.78, 5) is 23.3. The topological polar surface area (TPSA) is 58.2 Å². The zero-order chi connectivity index (χ0) is 13.8. The van der Waals surface area contributed by atoms with Crippen LogP contribution in [0.4, 0.5) is 0 Å². The zero-order valence-electron chi connectivity index (χ0n) is 10.8. The molecule has 2 amide bonds. The molecule has 102 valence electrons. The molecule has 0 radical (unpaired) electrons. The van der Waals surface area contributed by atoms with Crippen LogP contribution in [0.2, 0.25) is 5.02 Å². The minimum atomic E-state index is -0.161. The summed E-state index contributed by atoms with van der Waals surface area (Å²) in [5.74, 6) is 0.606. The Hall–Kier alpha value is -1.55. The lowest BCUT2D eigenvalue weighted by molar-refractivity contribution is -0.122. The number of hydrogen-bond donors (Lipinski definition) is 2. The van der Waals surface area contributed by atoms with Crippen molar-refractivity contribution in [3.63, 3.8) is 0 Å². The lowest BCUT2D eigenvalue weighted by atomic mass is 10.2. The molecule has 0 saturated heterocycles. The van der Waals surface area contributed by atoms with E-state index in [4.69, 9.17) is 11.6 Å². The van der Waals surface area contributed by atoms with Crippen molar-refractivity contribution in [2.45, 2.75) is 13.3 Å². The minimum absolute atomic E-state index is 0.0910. The third kappa shape index (κ3) is 3.96. The van der Waals surface area contributed by atoms with E-state index in [0.29, 0.717) is 29.6 Å². The van der Waals surface area contributed by atoms with Gasteiger partial charge in [-0.05, 0) is 36.6 Å². The summed E-state index contributed by atoms with van der Waals surface area (Å²) < 4.78 is 0. The standard InChI is InChI=1S/C14H17ClN2O2/c1-9-8-12(9)14(19)17-7-6-16-13(18)10-2-4-11(15)5-3-10/h2-5,9,12H,6-8H2,1H3,(H,16,18)(H,17,19)/t9-,12-/m1/s1. The first-order chi connectivity index (χ1) is 9.08. The van der Waals surface area contributed by atoms with Gasteiger partial charge in [0.2, 0.25) is 5.91 Å². The van der Waals surface area contributed by atoms with Crippen LogP contribution in [0.1, 0.15) is 23.7 Å². The summed E-state index contributed by atoms with van der Waals surface area (Å²) in [5.41, 5.74) is 0.562. The molecule has 1 aliphatic rings. The smallest absolute Gasteiger partial charge is 0.251 e. The van der Waals surface area contributed by atoms with Crippen LogP contribution in [0, 0.1) is 11.8 Å². The van der Waals surface area contributed by atoms with Gasteiger partial charge in [-0.25, -0.2) is 0 Å². The van der Waals surface area contributed by atoms with Gasteiger partial charge in [0, 0.05) is 29.6 Å². The molecule has 0 aliphatic heterocycles. The number of halogens is 1. The van der Waals surface area contributed by atoms with E-state index in [9.17, 15) is 9.59 Å². The molecule has 1 fully saturated rings. The monoisotopic (exact) mass is 280 g/mol. The summed E-state index contributed by atoms with van der Waals surface area (Å²) in [6.45, 7) is 2.95. The molecule has 0 aromatic heterocycles. The molecular weight excluding hydrogens is 264 g/mol. The Kier molecular flexibility index (Phi) is 4.43. The maximum Gasteiger partial charge on any atom is 0.251 e. The highest BCUT2D eigenvalue weighted by atomic mass is 35.5. The molecule has 0 heterocycles. The molecule has 2 rings (SSSR count). The molecule has 2 atom stereocenters. The van der Waals surface area contributed by atoms with Gasteiger partial charge < -0.3 is 10.6 Å². The second kappa shape index (κ2) is 6.06. The van der Waals surface area contributed by atoms with Crippen molar-refractivity contribution in [2.75, 3.05) is 13.1 Å². The van der Waals surface area contributed by atoms with Crippen molar-refractivity contribution < 1.29 is 9.59 Å². The van der Waals surface area contributed by atoms with Gasteiger partial charge in [-0.2, -0.15) is 0 Å². The van der Waals surface area contributed by atoms with E-state index in [-0.39, 0.29) is 17.7 Å². The third-order valence-corrected chi connectivity index (χ3v) is 3.51. The van der Waals surface area contributed by atoms with Crippen LogP contribution in [-0.2, 0) is 4.79 Å². The fourth-order valence-corrected chi connectivity index (χ4v) is 2.01. The molecule has 1 aliphatic carbocycles. The maximum absolute atomic E-state index is 11.7. The number of benzene rings is 1. The molecule has 1 aromatic rings. The number of nitrogens with one attached hydrogen (secondary N) is 2. The number of carbonyl (C=O) groups is 2. The molecule has 4 nitrogen and oxygen atoms in total. The van der Waals surface area contributed by atoms with Gasteiger partial charge in [0.15, 0.2) is 0 Å². The third-order valence-electron chi connectivity index (χ3n) is 3.26. The Morgan fingerprint density at radius 2 is 1.79 bits per heavy atom. The Morgan fingerprint density at radius 3 is 2.37 bits per heavy atom. The first-order valence-corrected chi connectivity index (χ1v) is 6.77. The van der Waals surface area contributed by atoms with Crippen LogP contribution in [0.15, 0.2) is 24.3 Å². The summed E-state index contributed by atoms with van der Waals surface area (Å²) in [6.07, 6.45) is 0.975. The molecular formula is C14H17ClN2O2. The quantitative estimate of drug-likeness (QED) is 0.809. The van der Waals surface area contributed by atoms with Gasteiger partial charge >= 0.3 is 0 Å². The highest BCUT2D eigenvalue weighted by Crippen LogP contribution is 2.37. The molecule has 0 spiro atoms. The molecule has 5 heteroatoms. The summed E-state index contributed by atoms with van der Waals surface area (Å²) >= 11 is 5.75. The highest BCUT2D eigenvalue weighted by Gasteiger charge is 2.38. The summed E-state index contributed by atoms with van der Waals surface area (Å²) in [7, 11) is 0. The Balaban J connectivity index is 1.66. The Labute approximate surface area is 117 Å². The fraction of sp³-hybridized carbons (Fsp3) is 0.429. The minimum Gasteiger partial charge on any atom is -0.354 e. The van der Waals surface area contributed by atoms with Gasteiger partial charge in [-0.1, -0.05) is 18.5 Å². The molecule has 0 bridgehead atoms. The van der Waals surface area contributed by atoms with Crippen molar-refractivity contribution in [3.8, 4) is 0 Å². The van der Waals surface area contributed by atoms with Crippen LogP contribution < -0.4 is 10.6 Å². The summed E-state index contributed by atoms with van der Waals surface area (Å²) in [5, 5.41) is 6.16. The van der Waals surface area contributed by atoms with E-state index in [1.54, 1.807) is 24.3 Å². The van der Waals surface area contributed by atoms with Gasteiger partial charge in [0.25, 0.3) is 5.91 Å². The number of rotatable bonds is 5. The van der Waals surface area contributed by atoms with Crippen molar-refractivity contribution >= 4 is 23.4 Å². The van der Waals surface area contributed by atoms with E-state index in [1.807, 2.05) is 0 Å². The predicted molar refractivity (Wildman–Crippen MR) is 74.1 cm³/mol. The molecule has 1 aromatic carbocycles. The largest absolute Gasteiger partial charge is 0.354 e. The van der Waals surface area contributed by atoms with E-state index in [0.717, 1.165) is 6.42 Å². The molecule has 1 saturated carbocycles. The van der Waals surface area contributed by atoms with Gasteiger partial charge in [0.1, 0.15) is 0 Å². The molecule has 19 heavy (non-hydrogen) atoms. The second-order valence-electron chi connectivity index (χ2n) is 4.87. The number of hydrogen-bond acceptors (Lipinski definition) is 2. The van der Waals surface area contributed by atoms with Crippen LogP contribution in [-0.4, -0.2) is 24.9 Å². The van der Waals surface area contributed by atoms with Gasteiger partial charge in [-0.3, -0.25) is 9.59 Å². The average molecular weight is 281 g/mol. The number of carbonyl (C=O) groups excluding carboxylic acids is 2. The Bertz CT molecular complexity index is 473. The van der Waals surface area contributed by atoms with Crippen LogP contribution >= 0.6 is 11.6 Å². The van der Waals surface area contributed by atoms with Crippen LogP contribution in [0.5, 0.6) is 0 Å². The SMILES string of the molecule is C[C@@H]1C[C@H]1C(=O)NCCNC(=O)c1ccc(Cl)cc1. The Morgan fingerprint density at radius 1 is 1.21 bits per heavy atom. The lowest BCUT2D eigenvalue weighted by Crippen LogP contribution is -2.35. The van der Waals surface area contributed by atoms with E-state index in [1.165, 1.54) is 0 Å². The zero-order valence-corrected chi connectivity index (χ0v) is 11.5. The molecule has 2 N–H and O–H groups in total. The van der Waals surface area contributed by atoms with Crippen molar-refractivity contribution in [3.05, 3.63) is 34.9 Å². The average Bonchev–Trinajstić information content (AvgIpc) is 3.12. The van der Waals surface area contributed by atoms with E-state index >= 15 is 0 Å². The lowest BCUT2D eigenvalue weighted by Gasteiger charge is -2.07. The van der Waals surface area contributed by atoms with Gasteiger partial charge in [0.05, 0.1) is 0 Å². The normalized spacial score (nSPS) is 20.7. The van der Waals surface area contributed by atoms with Crippen molar-refractivity contribution in [2.24, 2.45) is 11.8 Å². The number of amides is 2. The second-order valence-corrected chi connectivity index (χ2v) is 5.31. The fourth-order valence-electron chi connectivity index (χ4n) is 1.88. The first kappa shape index (κ1) is 13.9. The van der Waals surface area contributed by atoms with Crippen LogP contribution in [0.3, 0.4) is 0 Å². The molecule has 0 unspecified atom stereocenters. The highest BCUT2D eigenvalue weighted by molar-refractivity contribution is 6.30. The van der Waals surface area contributed by atoms with E-state index < -0.39 is 0 Å².